The summed E-state index contributed by atoms with van der Waals surface area (Å²) < 4.78 is 17.5. The van der Waals surface area contributed by atoms with Gasteiger partial charge >= 0.3 is 29.6 Å². The molecule has 2 nitrogen and oxygen atoms in total. The maximum absolute atomic E-state index is 8.77. The SMILES string of the molecule is O=S([O-])Cl.Sc1ccccc1.[Na+]. The van der Waals surface area contributed by atoms with E-state index in [-0.39, 0.29) is 29.6 Å². The van der Waals surface area contributed by atoms with Gasteiger partial charge in [0.15, 0.2) is 0 Å². The molecule has 6 heteroatoms. The van der Waals surface area contributed by atoms with Crippen LogP contribution in [0.25, 0.3) is 0 Å². The number of hydrogen-bond acceptors (Lipinski definition) is 3. The Hall–Kier alpha value is 0.970. The first kappa shape index (κ1) is 15.4. The second-order valence-electron chi connectivity index (χ2n) is 1.53. The van der Waals surface area contributed by atoms with Gasteiger partial charge in [0, 0.05) is 15.2 Å². The van der Waals surface area contributed by atoms with Gasteiger partial charge in [-0.1, -0.05) is 18.2 Å². The standard InChI is InChI=1S/C6H6S.ClHO2S.Na/c7-6-4-2-1-3-5-6;1-4(2)3;/h1-5,7H;(H,2,3);/q;;+1/p-1. The molecule has 0 saturated heterocycles. The Bertz CT molecular complexity index is 216. The summed E-state index contributed by atoms with van der Waals surface area (Å²) >= 11 is 4.08. The second-order valence-corrected chi connectivity index (χ2v) is 3.19. The predicted octanol–water partition coefficient (Wildman–Crippen LogP) is -1.00. The van der Waals surface area contributed by atoms with Crippen LogP contribution in [0.5, 0.6) is 0 Å². The molecule has 0 N–H and O–H groups in total. The van der Waals surface area contributed by atoms with E-state index in [4.69, 9.17) is 8.76 Å². The zero-order chi connectivity index (χ0) is 8.69. The molecule has 0 radical (unpaired) electrons. The zero-order valence-electron chi connectivity index (χ0n) is 6.44. The Balaban J connectivity index is 0. The van der Waals surface area contributed by atoms with E-state index in [1.54, 1.807) is 0 Å². The maximum atomic E-state index is 8.77. The van der Waals surface area contributed by atoms with Gasteiger partial charge in [0.25, 0.3) is 0 Å². The topological polar surface area (TPSA) is 40.1 Å². The van der Waals surface area contributed by atoms with Crippen molar-refractivity contribution >= 4 is 33.6 Å². The second kappa shape index (κ2) is 10.1. The predicted molar refractivity (Wildman–Crippen MR) is 48.5 cm³/mol. The van der Waals surface area contributed by atoms with E-state index < -0.39 is 10.3 Å². The molecular formula is C6H6ClNaO2S2. The van der Waals surface area contributed by atoms with E-state index in [9.17, 15) is 0 Å². The van der Waals surface area contributed by atoms with Gasteiger partial charge in [0.05, 0.1) is 0 Å². The van der Waals surface area contributed by atoms with Crippen molar-refractivity contribution in [2.75, 3.05) is 0 Å². The Morgan fingerprint density at radius 2 is 1.67 bits per heavy atom. The molecule has 1 aromatic rings. The molecule has 0 aliphatic carbocycles. The van der Waals surface area contributed by atoms with Crippen LogP contribution in [0.3, 0.4) is 0 Å². The third-order valence-corrected chi connectivity index (χ3v) is 1.05. The minimum absolute atomic E-state index is 0. The van der Waals surface area contributed by atoms with Crippen molar-refractivity contribution in [3.05, 3.63) is 30.3 Å². The Morgan fingerprint density at radius 3 is 1.83 bits per heavy atom. The Morgan fingerprint density at radius 1 is 1.33 bits per heavy atom. The van der Waals surface area contributed by atoms with Crippen LogP contribution in [0, 0.1) is 0 Å². The van der Waals surface area contributed by atoms with Crippen molar-refractivity contribution in [3.8, 4) is 0 Å². The zero-order valence-corrected chi connectivity index (χ0v) is 10.9. The van der Waals surface area contributed by atoms with Crippen molar-refractivity contribution in [2.24, 2.45) is 0 Å². The van der Waals surface area contributed by atoms with Gasteiger partial charge in [-0.2, -0.15) is 0 Å². The van der Waals surface area contributed by atoms with Gasteiger partial charge in [-0.25, -0.2) is 0 Å². The van der Waals surface area contributed by atoms with Crippen LogP contribution in [0.4, 0.5) is 0 Å². The van der Waals surface area contributed by atoms with Crippen LogP contribution in [-0.2, 0) is 10.3 Å². The van der Waals surface area contributed by atoms with Crippen molar-refractivity contribution in [2.45, 2.75) is 4.90 Å². The molecule has 0 aromatic heterocycles. The van der Waals surface area contributed by atoms with Gasteiger partial charge < -0.3 is 4.55 Å². The maximum Gasteiger partial charge on any atom is 1.00 e. The van der Waals surface area contributed by atoms with Gasteiger partial charge in [-0.3, -0.25) is 4.21 Å². The van der Waals surface area contributed by atoms with E-state index in [0.717, 1.165) is 4.90 Å². The number of benzene rings is 1. The van der Waals surface area contributed by atoms with Crippen LogP contribution in [-0.4, -0.2) is 8.76 Å². The summed E-state index contributed by atoms with van der Waals surface area (Å²) in [6, 6.07) is 9.79. The molecule has 1 rings (SSSR count). The summed E-state index contributed by atoms with van der Waals surface area (Å²) in [7, 11) is 1.80. The third kappa shape index (κ3) is 13.6. The molecule has 0 fully saturated rings. The number of rotatable bonds is 0. The first-order valence-electron chi connectivity index (χ1n) is 2.62. The summed E-state index contributed by atoms with van der Waals surface area (Å²) in [6.07, 6.45) is 0. The van der Waals surface area contributed by atoms with Crippen LogP contribution in [0.1, 0.15) is 0 Å². The quantitative estimate of drug-likeness (QED) is 0.270. The fourth-order valence-electron chi connectivity index (χ4n) is 0.428. The molecule has 0 amide bonds. The van der Waals surface area contributed by atoms with E-state index in [1.807, 2.05) is 30.3 Å². The van der Waals surface area contributed by atoms with Crippen molar-refractivity contribution in [1.29, 1.82) is 0 Å². The molecule has 0 spiro atoms. The van der Waals surface area contributed by atoms with Crippen molar-refractivity contribution in [1.82, 2.24) is 0 Å². The molecule has 0 saturated carbocycles. The van der Waals surface area contributed by atoms with E-state index in [1.165, 1.54) is 0 Å². The summed E-state index contributed by atoms with van der Waals surface area (Å²) in [6.45, 7) is 0. The molecular weight excluding hydrogens is 227 g/mol. The molecule has 1 atom stereocenters. The average Bonchev–Trinajstić information content (AvgIpc) is 1.87. The third-order valence-electron chi connectivity index (χ3n) is 0.756. The normalized spacial score (nSPS) is 10.2. The number of thiol groups is 1. The molecule has 1 aromatic carbocycles. The van der Waals surface area contributed by atoms with E-state index in [2.05, 4.69) is 23.3 Å². The first-order chi connectivity index (χ1) is 5.13. The smallest absolute Gasteiger partial charge is 0.760 e. The van der Waals surface area contributed by atoms with Crippen molar-refractivity contribution < 1.29 is 38.3 Å². The summed E-state index contributed by atoms with van der Waals surface area (Å²) in [5.41, 5.74) is 0. The van der Waals surface area contributed by atoms with Gasteiger partial charge in [0.1, 0.15) is 0 Å². The minimum Gasteiger partial charge on any atom is -0.760 e. The molecule has 0 aliphatic rings. The largest absolute Gasteiger partial charge is 1.00 e. The average molecular weight is 233 g/mol. The van der Waals surface area contributed by atoms with Gasteiger partial charge in [-0.05, 0) is 22.8 Å². The first-order valence-corrected chi connectivity index (χ1v) is 4.97. The molecule has 0 bridgehead atoms. The van der Waals surface area contributed by atoms with Gasteiger partial charge in [-0.15, -0.1) is 12.6 Å². The summed E-state index contributed by atoms with van der Waals surface area (Å²) in [5, 5.41) is 0. The van der Waals surface area contributed by atoms with E-state index in [0.29, 0.717) is 0 Å². The molecule has 0 aliphatic heterocycles. The van der Waals surface area contributed by atoms with Crippen molar-refractivity contribution in [3.63, 3.8) is 0 Å². The Kier molecular flexibility index (Phi) is 12.9. The van der Waals surface area contributed by atoms with Crippen LogP contribution >= 0.6 is 23.3 Å². The van der Waals surface area contributed by atoms with Crippen LogP contribution < -0.4 is 29.6 Å². The van der Waals surface area contributed by atoms with E-state index >= 15 is 0 Å². The molecule has 12 heavy (non-hydrogen) atoms. The van der Waals surface area contributed by atoms with Crippen LogP contribution in [0.15, 0.2) is 35.2 Å². The number of hydrogen-bond donors (Lipinski definition) is 1. The molecule has 0 heterocycles. The van der Waals surface area contributed by atoms with Gasteiger partial charge in [0.2, 0.25) is 0 Å². The summed E-state index contributed by atoms with van der Waals surface area (Å²) in [4.78, 5) is 1.02. The molecule has 62 valence electrons. The fraction of sp³-hybridized carbons (Fsp3) is 0. The Labute approximate surface area is 106 Å². The monoisotopic (exact) mass is 232 g/mol. The fourth-order valence-corrected chi connectivity index (χ4v) is 0.600. The summed E-state index contributed by atoms with van der Waals surface area (Å²) in [5.74, 6) is 0. The molecule has 1 unspecified atom stereocenters. The minimum atomic E-state index is -2.39. The number of halogens is 1. The van der Waals surface area contributed by atoms with Crippen LogP contribution in [0.2, 0.25) is 0 Å².